The van der Waals surface area contributed by atoms with Crippen molar-refractivity contribution >= 4 is 12.1 Å². The van der Waals surface area contributed by atoms with Gasteiger partial charge in [0.25, 0.3) is 0 Å². The van der Waals surface area contributed by atoms with Gasteiger partial charge >= 0.3 is 12.1 Å². The molecule has 1 N–H and O–H groups in total. The molecule has 1 heterocycles. The monoisotopic (exact) mass is 405 g/mol. The van der Waals surface area contributed by atoms with E-state index < -0.39 is 5.97 Å². The van der Waals surface area contributed by atoms with Gasteiger partial charge in [-0.1, -0.05) is 48.5 Å². The van der Waals surface area contributed by atoms with Crippen LogP contribution in [-0.2, 0) is 9.53 Å². The van der Waals surface area contributed by atoms with Crippen LogP contribution in [0.1, 0.15) is 42.7 Å². The minimum atomic E-state index is -0.656. The van der Waals surface area contributed by atoms with Crippen molar-refractivity contribution in [2.75, 3.05) is 19.7 Å². The van der Waals surface area contributed by atoms with Gasteiger partial charge in [-0.25, -0.2) is 4.79 Å². The van der Waals surface area contributed by atoms with E-state index in [0.29, 0.717) is 31.5 Å². The first-order valence-corrected chi connectivity index (χ1v) is 10.9. The summed E-state index contributed by atoms with van der Waals surface area (Å²) in [6, 6.07) is 16.7. The number of hydrogen-bond donors (Lipinski definition) is 1. The van der Waals surface area contributed by atoms with Gasteiger partial charge < -0.3 is 14.7 Å². The number of carbonyl (C=O) groups is 2. The number of nitrogens with zero attached hydrogens (tertiary/aromatic N) is 1. The fourth-order valence-corrected chi connectivity index (χ4v) is 5.28. The molecule has 5 rings (SSSR count). The molecule has 1 aliphatic heterocycles. The van der Waals surface area contributed by atoms with Crippen LogP contribution in [-0.4, -0.2) is 41.8 Å². The number of carboxylic acids is 1. The Morgan fingerprint density at radius 1 is 0.967 bits per heavy atom. The number of ether oxygens (including phenoxy) is 1. The summed E-state index contributed by atoms with van der Waals surface area (Å²) < 4.78 is 5.77. The van der Waals surface area contributed by atoms with Crippen LogP contribution in [0.4, 0.5) is 4.79 Å². The second kappa shape index (κ2) is 7.78. The lowest BCUT2D eigenvalue weighted by atomic mass is 9.91. The average Bonchev–Trinajstić information content (AvgIpc) is 3.47. The molecule has 2 aromatic carbocycles. The van der Waals surface area contributed by atoms with Gasteiger partial charge in [0.1, 0.15) is 6.61 Å². The minimum Gasteiger partial charge on any atom is -0.481 e. The Morgan fingerprint density at radius 3 is 2.13 bits per heavy atom. The van der Waals surface area contributed by atoms with E-state index >= 15 is 0 Å². The minimum absolute atomic E-state index is 0.0849. The first-order chi connectivity index (χ1) is 14.6. The molecule has 1 saturated heterocycles. The van der Waals surface area contributed by atoms with Crippen LogP contribution in [0.5, 0.6) is 0 Å². The zero-order chi connectivity index (χ0) is 20.7. The molecule has 2 unspecified atom stereocenters. The van der Waals surface area contributed by atoms with Gasteiger partial charge in [0.15, 0.2) is 0 Å². The lowest BCUT2D eigenvalue weighted by Gasteiger charge is -2.31. The number of fused-ring (bicyclic) bond motifs is 3. The topological polar surface area (TPSA) is 66.8 Å². The molecule has 0 aromatic heterocycles. The van der Waals surface area contributed by atoms with E-state index in [4.69, 9.17) is 9.84 Å². The highest BCUT2D eigenvalue weighted by Crippen LogP contribution is 2.46. The molecule has 2 aromatic rings. The van der Waals surface area contributed by atoms with E-state index in [-0.39, 0.29) is 17.9 Å². The summed E-state index contributed by atoms with van der Waals surface area (Å²) in [6.45, 7) is 1.76. The maximum Gasteiger partial charge on any atom is 0.409 e. The first kappa shape index (κ1) is 19.2. The van der Waals surface area contributed by atoms with Crippen LogP contribution in [0.15, 0.2) is 48.5 Å². The standard InChI is InChI=1S/C25H27NO4/c27-24(28)22-14-17(22)13-16-9-11-26(12-10-16)25(29)30-15-23-20-7-3-1-5-18(20)19-6-2-4-8-21(19)23/h1-8,16-17,22-23H,9-15H2,(H,27,28). The summed E-state index contributed by atoms with van der Waals surface area (Å²) >= 11 is 0. The lowest BCUT2D eigenvalue weighted by molar-refractivity contribution is -0.138. The number of rotatable bonds is 5. The molecule has 3 aliphatic rings. The number of hydrogen-bond acceptors (Lipinski definition) is 3. The summed E-state index contributed by atoms with van der Waals surface area (Å²) in [7, 11) is 0. The largest absolute Gasteiger partial charge is 0.481 e. The second-order valence-electron chi connectivity index (χ2n) is 8.91. The zero-order valence-electron chi connectivity index (χ0n) is 17.0. The van der Waals surface area contributed by atoms with Crippen LogP contribution in [0.3, 0.4) is 0 Å². The van der Waals surface area contributed by atoms with E-state index in [1.807, 2.05) is 17.0 Å². The second-order valence-corrected chi connectivity index (χ2v) is 8.91. The number of carbonyl (C=O) groups excluding carboxylic acids is 1. The average molecular weight is 405 g/mol. The van der Waals surface area contributed by atoms with Crippen molar-refractivity contribution in [1.29, 1.82) is 0 Å². The Balaban J connectivity index is 1.15. The molecule has 156 valence electrons. The SMILES string of the molecule is O=C(O)C1CC1CC1CCN(C(=O)OCC2c3ccccc3-c3ccccc32)CC1. The molecule has 5 heteroatoms. The molecule has 5 nitrogen and oxygen atoms in total. The highest BCUT2D eigenvalue weighted by atomic mass is 16.6. The Hall–Kier alpha value is -2.82. The molecule has 1 saturated carbocycles. The Kier molecular flexibility index (Phi) is 4.97. The maximum absolute atomic E-state index is 12.7. The molecular formula is C25H27NO4. The number of piperidine rings is 1. The number of likely N-dealkylation sites (tertiary alicyclic amines) is 1. The Morgan fingerprint density at radius 2 is 1.57 bits per heavy atom. The van der Waals surface area contributed by atoms with Crippen molar-refractivity contribution in [2.45, 2.75) is 31.6 Å². The number of benzene rings is 2. The number of amides is 1. The van der Waals surface area contributed by atoms with Crippen molar-refractivity contribution in [3.05, 3.63) is 59.7 Å². The van der Waals surface area contributed by atoms with Gasteiger partial charge in [-0.2, -0.15) is 0 Å². The summed E-state index contributed by atoms with van der Waals surface area (Å²) in [5.41, 5.74) is 4.91. The molecule has 0 spiro atoms. The van der Waals surface area contributed by atoms with E-state index in [1.165, 1.54) is 22.3 Å². The molecule has 0 radical (unpaired) electrons. The van der Waals surface area contributed by atoms with Gasteiger partial charge in [0.05, 0.1) is 5.92 Å². The number of aliphatic carboxylic acids is 1. The Labute approximate surface area is 176 Å². The van der Waals surface area contributed by atoms with Crippen LogP contribution >= 0.6 is 0 Å². The smallest absolute Gasteiger partial charge is 0.409 e. The normalized spacial score (nSPS) is 23.0. The predicted octanol–water partition coefficient (Wildman–Crippen LogP) is 4.76. The van der Waals surface area contributed by atoms with Gasteiger partial charge in [-0.3, -0.25) is 4.79 Å². The summed E-state index contributed by atoms with van der Waals surface area (Å²) in [4.78, 5) is 25.5. The van der Waals surface area contributed by atoms with Crippen LogP contribution < -0.4 is 0 Å². The lowest BCUT2D eigenvalue weighted by Crippen LogP contribution is -2.39. The highest BCUT2D eigenvalue weighted by molar-refractivity contribution is 5.79. The molecule has 1 amide bonds. The summed E-state index contributed by atoms with van der Waals surface area (Å²) in [6.07, 6.45) is 3.45. The van der Waals surface area contributed by atoms with Crippen molar-refractivity contribution in [1.82, 2.24) is 4.90 Å². The Bertz CT molecular complexity index is 918. The van der Waals surface area contributed by atoms with Crippen LogP contribution in [0.2, 0.25) is 0 Å². The summed E-state index contributed by atoms with van der Waals surface area (Å²) in [5.74, 6) is 0.161. The molecular weight excluding hydrogens is 378 g/mol. The first-order valence-electron chi connectivity index (χ1n) is 10.9. The number of carboxylic acid groups (broad SMARTS) is 1. The molecule has 0 bridgehead atoms. The van der Waals surface area contributed by atoms with Crippen molar-refractivity contribution < 1.29 is 19.4 Å². The van der Waals surface area contributed by atoms with Crippen molar-refractivity contribution in [3.63, 3.8) is 0 Å². The van der Waals surface area contributed by atoms with Crippen molar-refractivity contribution in [2.24, 2.45) is 17.8 Å². The van der Waals surface area contributed by atoms with E-state index in [2.05, 4.69) is 36.4 Å². The van der Waals surface area contributed by atoms with Gasteiger partial charge in [-0.05, 0) is 59.8 Å². The van der Waals surface area contributed by atoms with Gasteiger partial charge in [0, 0.05) is 19.0 Å². The molecule has 2 fully saturated rings. The third kappa shape index (κ3) is 3.57. The molecule has 2 atom stereocenters. The maximum atomic E-state index is 12.7. The third-order valence-corrected chi connectivity index (χ3v) is 7.08. The predicted molar refractivity (Wildman–Crippen MR) is 113 cm³/mol. The van der Waals surface area contributed by atoms with Gasteiger partial charge in [0.2, 0.25) is 0 Å². The van der Waals surface area contributed by atoms with E-state index in [1.54, 1.807) is 0 Å². The van der Waals surface area contributed by atoms with Crippen molar-refractivity contribution in [3.8, 4) is 11.1 Å². The van der Waals surface area contributed by atoms with Crippen LogP contribution in [0.25, 0.3) is 11.1 Å². The fraction of sp³-hybridized carbons (Fsp3) is 0.440. The third-order valence-electron chi connectivity index (χ3n) is 7.08. The molecule has 2 aliphatic carbocycles. The quantitative estimate of drug-likeness (QED) is 0.779. The molecule has 30 heavy (non-hydrogen) atoms. The fourth-order valence-electron chi connectivity index (χ4n) is 5.28. The summed E-state index contributed by atoms with van der Waals surface area (Å²) in [5, 5.41) is 9.07. The van der Waals surface area contributed by atoms with E-state index in [9.17, 15) is 9.59 Å². The zero-order valence-corrected chi connectivity index (χ0v) is 17.0. The van der Waals surface area contributed by atoms with Gasteiger partial charge in [-0.15, -0.1) is 0 Å². The van der Waals surface area contributed by atoms with E-state index in [0.717, 1.165) is 25.7 Å². The van der Waals surface area contributed by atoms with Crippen LogP contribution in [0, 0.1) is 17.8 Å². The highest BCUT2D eigenvalue weighted by Gasteiger charge is 2.44.